The molecule has 0 aliphatic carbocycles. The molecule has 0 spiro atoms. The molecule has 0 aromatic rings. The predicted octanol–water partition coefficient (Wildman–Crippen LogP) is 10.2. The van der Waals surface area contributed by atoms with Crippen molar-refractivity contribution in [3.05, 3.63) is 24.3 Å². The second-order valence-corrected chi connectivity index (χ2v) is 19.1. The second-order valence-electron chi connectivity index (χ2n) is 15.5. The van der Waals surface area contributed by atoms with Gasteiger partial charge in [0.1, 0.15) is 6.10 Å². The molecule has 2 heterocycles. The molecular weight excluding hydrogens is 785 g/mol. The number of unbranched alkanes of at least 4 members (excludes halogenated alkanes) is 4. The number of hydrogen-bond donors (Lipinski definition) is 1. The van der Waals surface area contributed by atoms with Crippen molar-refractivity contribution in [2.45, 2.75) is 224 Å². The Kier molecular flexibility index (Phi) is 27.0. The highest BCUT2D eigenvalue weighted by Crippen LogP contribution is 2.27. The van der Waals surface area contributed by atoms with Crippen LogP contribution in [0.15, 0.2) is 24.3 Å². The molecule has 2 aliphatic rings. The van der Waals surface area contributed by atoms with Gasteiger partial charge >= 0.3 is 37.2 Å². The number of rotatable bonds is 11. The Hall–Kier alpha value is -1.40. The van der Waals surface area contributed by atoms with E-state index in [1.54, 1.807) is 0 Å². The zero-order valence-corrected chi connectivity index (χ0v) is 36.4. The van der Waals surface area contributed by atoms with E-state index in [2.05, 4.69) is 9.71 Å². The summed E-state index contributed by atoms with van der Waals surface area (Å²) in [6.07, 6.45) is 29.9. The Labute approximate surface area is 339 Å². The molecule has 13 nitrogen and oxygen atoms in total. The lowest BCUT2D eigenvalue weighted by Crippen LogP contribution is -2.34. The summed E-state index contributed by atoms with van der Waals surface area (Å²) in [5.41, 5.74) is 0. The summed E-state index contributed by atoms with van der Waals surface area (Å²) in [5.74, 6) is -0.450. The Morgan fingerprint density at radius 1 is 0.732 bits per heavy atom. The summed E-state index contributed by atoms with van der Waals surface area (Å²) in [4.78, 5) is 12.8. The lowest BCUT2D eigenvalue weighted by atomic mass is 9.99. The topological polar surface area (TPSA) is 186 Å². The molecule has 0 amide bonds. The molecule has 16 heteroatoms. The van der Waals surface area contributed by atoms with Gasteiger partial charge in [-0.05, 0) is 64.7 Å². The van der Waals surface area contributed by atoms with Gasteiger partial charge in [0.25, 0.3) is 0 Å². The van der Waals surface area contributed by atoms with Gasteiger partial charge in [-0.25, -0.2) is 17.3 Å². The van der Waals surface area contributed by atoms with E-state index in [1.165, 1.54) is 6.08 Å². The summed E-state index contributed by atoms with van der Waals surface area (Å²) in [6, 6.07) is 0. The molecule has 1 N–H and O–H groups in total. The summed E-state index contributed by atoms with van der Waals surface area (Å²) in [5, 5.41) is 0. The first-order valence-electron chi connectivity index (χ1n) is 21.5. The standard InChI is InChI=1S/C40H72O13S3/c1-2-3-4-5-14-20-25-30-37(50-54(42,43)44)34-36-29-24-19-15-11-9-12-17-22-27-32-39-35-38(51-55(45,46)53-56(47,48)52-39)31-26-21-16-10-7-6-8-13-18-23-28-33-40(41)49-36/h2-3,28,33,36-39H,4-27,29-32,34-35H2,1H3,(H,42,43,44)/b3-2+,33-28+/t36-,37+,38-,39+/m1/s1. The lowest BCUT2D eigenvalue weighted by Gasteiger charge is -2.25. The number of carbonyl (C=O) groups excluding carboxylic acids is 1. The van der Waals surface area contributed by atoms with Gasteiger partial charge in [-0.2, -0.15) is 25.3 Å². The Balaban J connectivity index is 1.96. The quantitative estimate of drug-likeness (QED) is 0.0896. The number of esters is 1. The van der Waals surface area contributed by atoms with Crippen molar-refractivity contribution in [1.29, 1.82) is 0 Å². The maximum atomic E-state index is 12.8. The van der Waals surface area contributed by atoms with Crippen LogP contribution in [0.2, 0.25) is 0 Å². The van der Waals surface area contributed by atoms with E-state index in [1.807, 2.05) is 19.1 Å². The number of fused-ring (bicyclic) bond motifs is 2. The fourth-order valence-corrected chi connectivity index (χ4v) is 10.1. The highest BCUT2D eigenvalue weighted by atomic mass is 32.3. The third-order valence-electron chi connectivity index (χ3n) is 10.4. The average molecular weight is 857 g/mol. The molecule has 328 valence electrons. The Bertz CT molecular complexity index is 1430. The van der Waals surface area contributed by atoms with Crippen LogP contribution in [0.4, 0.5) is 0 Å². The monoisotopic (exact) mass is 856 g/mol. The molecule has 1 saturated heterocycles. The van der Waals surface area contributed by atoms with Crippen molar-refractivity contribution in [1.82, 2.24) is 0 Å². The van der Waals surface area contributed by atoms with Crippen LogP contribution < -0.4 is 0 Å². The van der Waals surface area contributed by atoms with Crippen molar-refractivity contribution in [3.63, 3.8) is 0 Å². The number of carbonyl (C=O) groups is 1. The Morgan fingerprint density at radius 3 is 1.73 bits per heavy atom. The average Bonchev–Trinajstić information content (AvgIpc) is 3.09. The smallest absolute Gasteiger partial charge is 0.416 e. The number of hydrogen-bond acceptors (Lipinski definition) is 12. The van der Waals surface area contributed by atoms with Crippen LogP contribution in [0.1, 0.15) is 200 Å². The minimum atomic E-state index is -4.74. The van der Waals surface area contributed by atoms with Crippen molar-refractivity contribution < 1.29 is 55.5 Å². The van der Waals surface area contributed by atoms with Gasteiger partial charge in [0.15, 0.2) is 0 Å². The number of cyclic esters (lactones) is 1. The van der Waals surface area contributed by atoms with Gasteiger partial charge in [0.05, 0.1) is 18.3 Å². The van der Waals surface area contributed by atoms with Gasteiger partial charge in [-0.15, -0.1) is 3.63 Å². The summed E-state index contributed by atoms with van der Waals surface area (Å²) >= 11 is 0. The van der Waals surface area contributed by atoms with Gasteiger partial charge < -0.3 is 4.74 Å². The molecule has 4 atom stereocenters. The zero-order valence-electron chi connectivity index (χ0n) is 33.9. The molecule has 0 unspecified atom stereocenters. The minimum Gasteiger partial charge on any atom is -0.459 e. The number of allylic oxidation sites excluding steroid dienone is 3. The highest BCUT2D eigenvalue weighted by molar-refractivity contribution is 7.95. The first-order valence-corrected chi connectivity index (χ1v) is 25.5. The maximum absolute atomic E-state index is 12.8. The summed E-state index contributed by atoms with van der Waals surface area (Å²) in [7, 11) is -14.1. The molecule has 1 fully saturated rings. The van der Waals surface area contributed by atoms with Crippen LogP contribution in [0.5, 0.6) is 0 Å². The highest BCUT2D eigenvalue weighted by Gasteiger charge is 2.35. The molecule has 0 radical (unpaired) electrons. The molecule has 0 aromatic heterocycles. The van der Waals surface area contributed by atoms with Crippen LogP contribution in [-0.2, 0) is 56.9 Å². The molecule has 2 rings (SSSR count). The van der Waals surface area contributed by atoms with Crippen molar-refractivity contribution in [3.8, 4) is 0 Å². The van der Waals surface area contributed by atoms with E-state index in [-0.39, 0.29) is 12.8 Å². The van der Waals surface area contributed by atoms with E-state index in [4.69, 9.17) is 17.3 Å². The SMILES string of the molecule is C/C=C/CCCCCC[C@@H](C[C@H]1CCCCCCCCCCC[C@H]2C[C@@H](CCCCCCCCCCC/C=C/C(=O)O1)OS(=O)(=O)OS(=O)(=O)O2)OS(=O)(=O)O. The van der Waals surface area contributed by atoms with E-state index >= 15 is 0 Å². The zero-order chi connectivity index (χ0) is 41.0. The predicted molar refractivity (Wildman–Crippen MR) is 217 cm³/mol. The molecule has 2 aliphatic heterocycles. The first-order chi connectivity index (χ1) is 26.8. The lowest BCUT2D eigenvalue weighted by molar-refractivity contribution is -0.144. The van der Waals surface area contributed by atoms with Crippen molar-refractivity contribution in [2.24, 2.45) is 0 Å². The fourth-order valence-electron chi connectivity index (χ4n) is 7.46. The van der Waals surface area contributed by atoms with Crippen molar-refractivity contribution >= 4 is 37.2 Å². The third-order valence-corrected chi connectivity index (χ3v) is 13.2. The van der Waals surface area contributed by atoms with E-state index in [0.717, 1.165) is 154 Å². The minimum absolute atomic E-state index is 0.169. The normalized spacial score (nSPS) is 26.9. The maximum Gasteiger partial charge on any atom is 0.416 e. The van der Waals surface area contributed by atoms with Gasteiger partial charge in [0.2, 0.25) is 0 Å². The van der Waals surface area contributed by atoms with Crippen LogP contribution in [0.25, 0.3) is 0 Å². The molecule has 0 saturated carbocycles. The van der Waals surface area contributed by atoms with Crippen LogP contribution in [-0.4, -0.2) is 60.2 Å². The van der Waals surface area contributed by atoms with Gasteiger partial charge in [0, 0.05) is 18.9 Å². The first kappa shape index (κ1) is 50.7. The van der Waals surface area contributed by atoms with Crippen LogP contribution in [0.3, 0.4) is 0 Å². The molecule has 0 aromatic carbocycles. The third kappa shape index (κ3) is 28.1. The molecule has 56 heavy (non-hydrogen) atoms. The van der Waals surface area contributed by atoms with E-state index in [0.29, 0.717) is 25.7 Å². The van der Waals surface area contributed by atoms with Crippen LogP contribution >= 0.6 is 0 Å². The largest absolute Gasteiger partial charge is 0.459 e. The van der Waals surface area contributed by atoms with Crippen molar-refractivity contribution in [2.75, 3.05) is 0 Å². The fraction of sp³-hybridized carbons (Fsp3) is 0.875. The van der Waals surface area contributed by atoms with E-state index < -0.39 is 61.6 Å². The van der Waals surface area contributed by atoms with Gasteiger partial charge in [-0.1, -0.05) is 140 Å². The summed E-state index contributed by atoms with van der Waals surface area (Å²) in [6.45, 7) is 1.99. The molecule has 2 bridgehead atoms. The second kappa shape index (κ2) is 29.8. The van der Waals surface area contributed by atoms with Gasteiger partial charge in [-0.3, -0.25) is 4.55 Å². The molecular formula is C40H72O13S3. The Morgan fingerprint density at radius 2 is 1.21 bits per heavy atom. The van der Waals surface area contributed by atoms with E-state index in [9.17, 15) is 34.6 Å². The number of ether oxygens (including phenoxy) is 1. The summed E-state index contributed by atoms with van der Waals surface area (Å²) < 4.78 is 107. The van der Waals surface area contributed by atoms with Crippen LogP contribution in [0, 0.1) is 0 Å².